The summed E-state index contributed by atoms with van der Waals surface area (Å²) >= 11 is 9.35. The molecule has 1 aromatic rings. The van der Waals surface area contributed by atoms with Crippen LogP contribution in [0.5, 0.6) is 0 Å². The van der Waals surface area contributed by atoms with Gasteiger partial charge in [0.1, 0.15) is 0 Å². The molecule has 2 atom stereocenters. The van der Waals surface area contributed by atoms with E-state index < -0.39 is 5.97 Å². The highest BCUT2D eigenvalue weighted by Gasteiger charge is 2.30. The van der Waals surface area contributed by atoms with Gasteiger partial charge in [0, 0.05) is 18.3 Å². The molecule has 1 aliphatic carbocycles. The van der Waals surface area contributed by atoms with Crippen LogP contribution >= 0.6 is 34.7 Å². The van der Waals surface area contributed by atoms with Gasteiger partial charge >= 0.3 is 5.97 Å². The van der Waals surface area contributed by atoms with E-state index in [1.807, 2.05) is 18.8 Å². The molecule has 1 heterocycles. The molecule has 20 heavy (non-hydrogen) atoms. The number of aromatic nitrogens is 1. The molecule has 0 bridgehead atoms. The van der Waals surface area contributed by atoms with Crippen LogP contribution in [0.4, 0.5) is 5.13 Å². The van der Waals surface area contributed by atoms with Crippen molar-refractivity contribution in [3.8, 4) is 0 Å². The third-order valence-corrected chi connectivity index (χ3v) is 6.30. The van der Waals surface area contributed by atoms with Crippen molar-refractivity contribution in [1.29, 1.82) is 0 Å². The van der Waals surface area contributed by atoms with Crippen LogP contribution in [0.2, 0.25) is 5.15 Å². The predicted octanol–water partition coefficient (Wildman–Crippen LogP) is 3.69. The van der Waals surface area contributed by atoms with E-state index in [-0.39, 0.29) is 5.15 Å². The fraction of sp³-hybridized carbons (Fsp3) is 0.692. The summed E-state index contributed by atoms with van der Waals surface area (Å²) < 4.78 is 4.71. The first kappa shape index (κ1) is 15.9. The molecule has 0 N–H and O–H groups in total. The number of halogens is 1. The zero-order valence-corrected chi connectivity index (χ0v) is 14.3. The van der Waals surface area contributed by atoms with Crippen LogP contribution in [0.3, 0.4) is 0 Å². The Morgan fingerprint density at radius 1 is 1.60 bits per heavy atom. The zero-order chi connectivity index (χ0) is 14.7. The Kier molecular flexibility index (Phi) is 5.57. The van der Waals surface area contributed by atoms with Crippen LogP contribution in [0.25, 0.3) is 0 Å². The van der Waals surface area contributed by atoms with E-state index in [1.165, 1.54) is 37.7 Å². The van der Waals surface area contributed by atoms with Gasteiger partial charge in [0.15, 0.2) is 15.2 Å². The van der Waals surface area contributed by atoms with Crippen molar-refractivity contribution in [2.24, 2.45) is 0 Å². The Morgan fingerprint density at radius 3 is 3.00 bits per heavy atom. The molecule has 0 amide bonds. The number of nitrogens with zero attached hydrogens (tertiary/aromatic N) is 2. The molecule has 2 rings (SSSR count). The van der Waals surface area contributed by atoms with Crippen molar-refractivity contribution in [1.82, 2.24) is 4.98 Å². The fourth-order valence-electron chi connectivity index (χ4n) is 2.47. The van der Waals surface area contributed by atoms with Gasteiger partial charge in [0.05, 0.1) is 7.11 Å². The molecule has 0 radical (unpaired) electrons. The van der Waals surface area contributed by atoms with Gasteiger partial charge in [-0.15, -0.1) is 0 Å². The number of esters is 1. The van der Waals surface area contributed by atoms with E-state index >= 15 is 0 Å². The molecule has 0 aliphatic heterocycles. The average molecular weight is 335 g/mol. The van der Waals surface area contributed by atoms with Crippen molar-refractivity contribution in [3.05, 3.63) is 10.0 Å². The van der Waals surface area contributed by atoms with Crippen LogP contribution in [0, 0.1) is 0 Å². The van der Waals surface area contributed by atoms with E-state index in [4.69, 9.17) is 16.3 Å². The van der Waals surface area contributed by atoms with E-state index in [2.05, 4.69) is 16.8 Å². The summed E-state index contributed by atoms with van der Waals surface area (Å²) in [5.41, 5.74) is 0. The molecular weight excluding hydrogens is 316 g/mol. The van der Waals surface area contributed by atoms with Crippen molar-refractivity contribution in [2.75, 3.05) is 24.8 Å². The number of hydrogen-bond donors (Lipinski definition) is 0. The molecule has 1 saturated carbocycles. The molecule has 1 fully saturated rings. The summed E-state index contributed by atoms with van der Waals surface area (Å²) in [5, 5.41) is 1.77. The maximum absolute atomic E-state index is 11.6. The largest absolute Gasteiger partial charge is 0.465 e. The maximum atomic E-state index is 11.6. The molecule has 1 aromatic heterocycles. The number of thioether (sulfide) groups is 1. The first-order chi connectivity index (χ1) is 9.56. The molecule has 1 aliphatic rings. The maximum Gasteiger partial charge on any atom is 0.351 e. The van der Waals surface area contributed by atoms with E-state index in [9.17, 15) is 4.79 Å². The molecule has 2 unspecified atom stereocenters. The van der Waals surface area contributed by atoms with Gasteiger partial charge in [0.25, 0.3) is 0 Å². The number of rotatable bonds is 5. The van der Waals surface area contributed by atoms with Gasteiger partial charge in [-0.05, 0) is 25.0 Å². The highest BCUT2D eigenvalue weighted by atomic mass is 35.5. The fourth-order valence-corrected chi connectivity index (χ4v) is 4.84. The summed E-state index contributed by atoms with van der Waals surface area (Å²) in [4.78, 5) is 18.4. The minimum atomic E-state index is -0.419. The molecule has 0 spiro atoms. The number of carbonyl (C=O) groups excluding carboxylic acids is 1. The Bertz CT molecular complexity index is 481. The lowest BCUT2D eigenvalue weighted by Crippen LogP contribution is -2.29. The summed E-state index contributed by atoms with van der Waals surface area (Å²) in [5.74, 6) is 0.745. The van der Waals surface area contributed by atoms with Crippen molar-refractivity contribution < 1.29 is 9.53 Å². The second-order valence-electron chi connectivity index (χ2n) is 4.76. The molecule has 7 heteroatoms. The second-order valence-corrected chi connectivity index (χ2v) is 7.68. The quantitative estimate of drug-likeness (QED) is 0.768. The van der Waals surface area contributed by atoms with E-state index in [0.717, 1.165) is 16.1 Å². The van der Waals surface area contributed by atoms with Gasteiger partial charge in [0.2, 0.25) is 0 Å². The lowest BCUT2D eigenvalue weighted by molar-refractivity contribution is 0.0606. The highest BCUT2D eigenvalue weighted by molar-refractivity contribution is 7.99. The Morgan fingerprint density at radius 2 is 2.35 bits per heavy atom. The van der Waals surface area contributed by atoms with Gasteiger partial charge < -0.3 is 9.64 Å². The van der Waals surface area contributed by atoms with Crippen LogP contribution in [-0.4, -0.2) is 42.2 Å². The lowest BCUT2D eigenvalue weighted by atomic mass is 10.2. The topological polar surface area (TPSA) is 42.4 Å². The summed E-state index contributed by atoms with van der Waals surface area (Å²) in [6.07, 6.45) is 3.58. The van der Waals surface area contributed by atoms with Crippen LogP contribution in [-0.2, 0) is 4.74 Å². The number of hydrogen-bond acceptors (Lipinski definition) is 6. The molecule has 4 nitrogen and oxygen atoms in total. The molecule has 0 aromatic carbocycles. The van der Waals surface area contributed by atoms with Crippen LogP contribution in [0.1, 0.15) is 35.9 Å². The third-order valence-electron chi connectivity index (χ3n) is 3.55. The predicted molar refractivity (Wildman–Crippen MR) is 86.4 cm³/mol. The van der Waals surface area contributed by atoms with Crippen molar-refractivity contribution in [3.63, 3.8) is 0 Å². The molecule has 0 saturated heterocycles. The normalized spacial score (nSPS) is 22.0. The lowest BCUT2D eigenvalue weighted by Gasteiger charge is -2.23. The summed E-state index contributed by atoms with van der Waals surface area (Å²) in [6.45, 7) is 2.20. The Balaban J connectivity index is 2.06. The standard InChI is InChI=1S/C13H19ClN2O2S2/c1-4-19-9-6-5-8(7-9)16(2)13-15-11(14)10(20-13)12(17)18-3/h8-9H,4-7H2,1-3H3. The Labute approximate surface area is 132 Å². The first-order valence-corrected chi connectivity index (χ1v) is 8.90. The average Bonchev–Trinajstić information content (AvgIpc) is 3.04. The highest BCUT2D eigenvalue weighted by Crippen LogP contribution is 2.37. The number of methoxy groups -OCH3 is 1. The van der Waals surface area contributed by atoms with Crippen molar-refractivity contribution >= 4 is 45.8 Å². The number of carbonyl (C=O) groups is 1. The zero-order valence-electron chi connectivity index (χ0n) is 11.9. The number of ether oxygens (including phenoxy) is 1. The van der Waals surface area contributed by atoms with Crippen LogP contribution in [0.15, 0.2) is 0 Å². The molecule has 112 valence electrons. The first-order valence-electron chi connectivity index (χ1n) is 6.65. The minimum absolute atomic E-state index is 0.237. The number of thiazole rings is 1. The SMILES string of the molecule is CCSC1CCC(N(C)c2nc(Cl)c(C(=O)OC)s2)C1. The van der Waals surface area contributed by atoms with Gasteiger partial charge in [-0.2, -0.15) is 11.8 Å². The summed E-state index contributed by atoms with van der Waals surface area (Å²) in [6, 6.07) is 0.478. The molecular formula is C13H19ClN2O2S2. The monoisotopic (exact) mass is 334 g/mol. The second kappa shape index (κ2) is 7.00. The Hall–Kier alpha value is -0.460. The number of anilines is 1. The van der Waals surface area contributed by atoms with E-state index in [0.29, 0.717) is 10.9 Å². The third kappa shape index (κ3) is 3.40. The van der Waals surface area contributed by atoms with E-state index in [1.54, 1.807) is 0 Å². The van der Waals surface area contributed by atoms with Crippen LogP contribution < -0.4 is 4.90 Å². The van der Waals surface area contributed by atoms with Gasteiger partial charge in [-0.1, -0.05) is 29.9 Å². The summed E-state index contributed by atoms with van der Waals surface area (Å²) in [7, 11) is 3.38. The smallest absolute Gasteiger partial charge is 0.351 e. The van der Waals surface area contributed by atoms with Gasteiger partial charge in [-0.3, -0.25) is 0 Å². The van der Waals surface area contributed by atoms with Crippen molar-refractivity contribution in [2.45, 2.75) is 37.5 Å². The minimum Gasteiger partial charge on any atom is -0.465 e. The van der Waals surface area contributed by atoms with Gasteiger partial charge in [-0.25, -0.2) is 9.78 Å².